The van der Waals surface area contributed by atoms with Gasteiger partial charge in [-0.25, -0.2) is 14.2 Å². The molecule has 0 aliphatic heterocycles. The van der Waals surface area contributed by atoms with Crippen molar-refractivity contribution in [3.05, 3.63) is 70.9 Å². The van der Waals surface area contributed by atoms with Gasteiger partial charge in [0.2, 0.25) is 0 Å². The van der Waals surface area contributed by atoms with Crippen molar-refractivity contribution in [2.24, 2.45) is 0 Å². The van der Waals surface area contributed by atoms with E-state index in [9.17, 15) is 24.2 Å². The van der Waals surface area contributed by atoms with Gasteiger partial charge in [0.15, 0.2) is 0 Å². The molecule has 1 aliphatic rings. The first-order valence-electron chi connectivity index (χ1n) is 16.5. The molecule has 0 radical (unpaired) electrons. The Bertz CT molecular complexity index is 1850. The number of fused-ring (bicyclic) bond motifs is 2. The number of ketones is 1. The molecule has 1 fully saturated rings. The van der Waals surface area contributed by atoms with E-state index in [1.54, 1.807) is 19.1 Å². The monoisotopic (exact) mass is 642 g/mol. The topological polar surface area (TPSA) is 92.4 Å². The van der Waals surface area contributed by atoms with Gasteiger partial charge in [-0.15, -0.1) is 11.3 Å². The van der Waals surface area contributed by atoms with Crippen LogP contribution in [0, 0.1) is 5.82 Å². The molecular formula is C38H43FN2O4S. The first-order chi connectivity index (χ1) is 22.2. The van der Waals surface area contributed by atoms with Crippen LogP contribution in [0.2, 0.25) is 0 Å². The molecule has 0 unspecified atom stereocenters. The number of halogens is 1. The van der Waals surface area contributed by atoms with E-state index >= 15 is 0 Å². The van der Waals surface area contributed by atoms with Crippen molar-refractivity contribution in [1.29, 1.82) is 0 Å². The molecule has 0 bridgehead atoms. The van der Waals surface area contributed by atoms with Crippen LogP contribution >= 0.6 is 11.3 Å². The van der Waals surface area contributed by atoms with Gasteiger partial charge in [0.1, 0.15) is 22.2 Å². The molecule has 2 N–H and O–H groups in total. The van der Waals surface area contributed by atoms with E-state index in [2.05, 4.69) is 18.8 Å². The Labute approximate surface area is 273 Å². The predicted octanol–water partition coefficient (Wildman–Crippen LogP) is 10.7. The van der Waals surface area contributed by atoms with Crippen LogP contribution in [0.4, 0.5) is 4.39 Å². The highest BCUT2D eigenvalue weighted by Crippen LogP contribution is 2.47. The largest absolute Gasteiger partial charge is 0.508 e. The van der Waals surface area contributed by atoms with E-state index in [0.29, 0.717) is 11.2 Å². The molecule has 6 rings (SSSR count). The number of aromatic hydroxyl groups is 1. The number of hydrogen-bond acceptors (Lipinski definition) is 5. The van der Waals surface area contributed by atoms with Gasteiger partial charge >= 0.3 is 5.97 Å². The van der Waals surface area contributed by atoms with E-state index < -0.39 is 11.8 Å². The maximum Gasteiger partial charge on any atom is 0.345 e. The Morgan fingerprint density at radius 3 is 2.37 bits per heavy atom. The Balaban J connectivity index is 0.000000537. The lowest BCUT2D eigenvalue weighted by molar-refractivity contribution is -0.117. The molecule has 242 valence electrons. The SMILES string of the molecule is CC(=O)Cn1c(-c2ccc3nc(-c4cc(O)ccc4F)ccc3c2)c(C2CCCCC2)c2sc(C(=O)O)cc21.CCCCCCC. The molecule has 3 aromatic heterocycles. The second-order valence-electron chi connectivity index (χ2n) is 12.3. The van der Waals surface area contributed by atoms with E-state index in [-0.39, 0.29) is 34.4 Å². The number of unbranched alkanes of at least 4 members (excludes halogenated alkanes) is 4. The molecular weight excluding hydrogens is 599 g/mol. The van der Waals surface area contributed by atoms with Gasteiger partial charge < -0.3 is 14.8 Å². The molecule has 1 saturated carbocycles. The summed E-state index contributed by atoms with van der Waals surface area (Å²) in [6, 6.07) is 15.1. The molecule has 0 saturated heterocycles. The van der Waals surface area contributed by atoms with Gasteiger partial charge in [0, 0.05) is 10.9 Å². The Kier molecular flexibility index (Phi) is 10.9. The third-order valence-corrected chi connectivity index (χ3v) is 9.92. The molecule has 8 heteroatoms. The van der Waals surface area contributed by atoms with Crippen LogP contribution in [0.25, 0.3) is 43.6 Å². The molecule has 46 heavy (non-hydrogen) atoms. The molecule has 1 aliphatic carbocycles. The van der Waals surface area contributed by atoms with Crippen LogP contribution in [-0.4, -0.2) is 31.5 Å². The summed E-state index contributed by atoms with van der Waals surface area (Å²) in [5.74, 6) is -1.17. The lowest BCUT2D eigenvalue weighted by atomic mass is 9.83. The quantitative estimate of drug-likeness (QED) is 0.148. The summed E-state index contributed by atoms with van der Waals surface area (Å²) in [6.45, 7) is 6.19. The Hall–Kier alpha value is -4.04. The van der Waals surface area contributed by atoms with Crippen LogP contribution in [0.1, 0.15) is 106 Å². The minimum Gasteiger partial charge on any atom is -0.508 e. The number of phenolic OH excluding ortho intramolecular Hbond substituents is 1. The Morgan fingerprint density at radius 1 is 0.957 bits per heavy atom. The Morgan fingerprint density at radius 2 is 1.70 bits per heavy atom. The molecule has 0 amide bonds. The van der Waals surface area contributed by atoms with Crippen LogP contribution in [-0.2, 0) is 11.3 Å². The van der Waals surface area contributed by atoms with Crippen molar-refractivity contribution >= 4 is 44.2 Å². The number of hydrogen-bond donors (Lipinski definition) is 2. The van der Waals surface area contributed by atoms with Gasteiger partial charge in [0.05, 0.1) is 33.7 Å². The maximum atomic E-state index is 14.4. The number of aromatic carboxylic acids is 1. The number of carboxylic acid groups (broad SMARTS) is 1. The van der Waals surface area contributed by atoms with Crippen molar-refractivity contribution in [3.8, 4) is 28.3 Å². The second kappa shape index (κ2) is 15.0. The van der Waals surface area contributed by atoms with Crippen LogP contribution in [0.15, 0.2) is 54.6 Å². The minimum absolute atomic E-state index is 0.00772. The zero-order valence-electron chi connectivity index (χ0n) is 26.9. The fourth-order valence-electron chi connectivity index (χ4n) is 6.53. The van der Waals surface area contributed by atoms with Crippen LogP contribution in [0.3, 0.4) is 0 Å². The van der Waals surface area contributed by atoms with Gasteiger partial charge in [-0.3, -0.25) is 4.79 Å². The number of pyridine rings is 1. The smallest absolute Gasteiger partial charge is 0.345 e. The first-order valence-corrected chi connectivity index (χ1v) is 17.3. The maximum absolute atomic E-state index is 14.4. The summed E-state index contributed by atoms with van der Waals surface area (Å²) in [5, 5.41) is 20.4. The molecule has 0 atom stereocenters. The highest BCUT2D eigenvalue weighted by atomic mass is 32.1. The van der Waals surface area contributed by atoms with Gasteiger partial charge in [-0.2, -0.15) is 0 Å². The number of carbonyl (C=O) groups excluding carboxylic acids is 1. The third kappa shape index (κ3) is 7.33. The van der Waals surface area contributed by atoms with Crippen molar-refractivity contribution in [2.45, 2.75) is 97.4 Å². The first kappa shape index (κ1) is 33.3. The zero-order chi connectivity index (χ0) is 32.8. The number of Topliss-reactive ketones (excluding diaryl/α,β-unsaturated/α-hetero) is 1. The van der Waals surface area contributed by atoms with E-state index in [0.717, 1.165) is 58.1 Å². The standard InChI is InChI=1S/C31H27FN2O4S.C7H16/c1-17(35)16-34-26-15-27(31(37)38)39-30(26)28(18-5-3-2-4-6-18)29(34)20-8-11-24-19(13-20)7-12-25(33-24)22-14-21(36)9-10-23(22)32;1-3-5-7-6-4-2/h7-15,18,36H,2-6,16H2,1H3,(H,37,38);3-7H2,1-2H3. The lowest BCUT2D eigenvalue weighted by Gasteiger charge is -2.23. The fourth-order valence-corrected chi connectivity index (χ4v) is 7.66. The summed E-state index contributed by atoms with van der Waals surface area (Å²) in [6.07, 6.45) is 12.5. The number of carboxylic acids is 1. The number of phenols is 1. The van der Waals surface area contributed by atoms with Crippen molar-refractivity contribution in [3.63, 3.8) is 0 Å². The number of benzene rings is 2. The summed E-state index contributed by atoms with van der Waals surface area (Å²) >= 11 is 1.29. The summed E-state index contributed by atoms with van der Waals surface area (Å²) in [7, 11) is 0. The average molecular weight is 643 g/mol. The zero-order valence-corrected chi connectivity index (χ0v) is 27.8. The summed E-state index contributed by atoms with van der Waals surface area (Å²) in [4.78, 5) is 29.2. The van der Waals surface area contributed by atoms with E-state index in [1.807, 2.05) is 28.8 Å². The fraction of sp³-hybridized carbons (Fsp3) is 0.395. The van der Waals surface area contributed by atoms with Crippen molar-refractivity contribution in [1.82, 2.24) is 9.55 Å². The number of nitrogens with zero attached hydrogens (tertiary/aromatic N) is 2. The highest BCUT2D eigenvalue weighted by molar-refractivity contribution is 7.21. The van der Waals surface area contributed by atoms with Gasteiger partial charge in [0.25, 0.3) is 0 Å². The van der Waals surface area contributed by atoms with Gasteiger partial charge in [-0.05, 0) is 79.3 Å². The van der Waals surface area contributed by atoms with Crippen molar-refractivity contribution < 1.29 is 24.2 Å². The number of rotatable bonds is 10. The highest BCUT2D eigenvalue weighted by Gasteiger charge is 2.29. The lowest BCUT2D eigenvalue weighted by Crippen LogP contribution is -2.10. The number of aromatic nitrogens is 2. The van der Waals surface area contributed by atoms with Crippen LogP contribution < -0.4 is 0 Å². The molecule has 2 aromatic carbocycles. The average Bonchev–Trinajstić information content (AvgIpc) is 3.61. The molecule has 6 nitrogen and oxygen atoms in total. The number of thiophene rings is 1. The molecule has 0 spiro atoms. The summed E-state index contributed by atoms with van der Waals surface area (Å²) < 4.78 is 17.4. The number of carbonyl (C=O) groups is 2. The minimum atomic E-state index is -0.961. The second-order valence-corrected chi connectivity index (χ2v) is 13.4. The molecule has 5 aromatic rings. The van der Waals surface area contributed by atoms with E-state index in [1.165, 1.54) is 68.1 Å². The summed E-state index contributed by atoms with van der Waals surface area (Å²) in [5.41, 5.74) is 5.14. The normalized spacial score (nSPS) is 13.6. The van der Waals surface area contributed by atoms with Gasteiger partial charge in [-0.1, -0.05) is 77.3 Å². The van der Waals surface area contributed by atoms with Crippen LogP contribution in [0.5, 0.6) is 5.75 Å². The van der Waals surface area contributed by atoms with Crippen molar-refractivity contribution in [2.75, 3.05) is 0 Å². The predicted molar refractivity (Wildman–Crippen MR) is 186 cm³/mol. The third-order valence-electron chi connectivity index (χ3n) is 8.77. The van der Waals surface area contributed by atoms with E-state index in [4.69, 9.17) is 0 Å². The molecule has 3 heterocycles.